The predicted molar refractivity (Wildman–Crippen MR) is 70.0 cm³/mol. The van der Waals surface area contributed by atoms with Crippen molar-refractivity contribution in [1.82, 2.24) is 0 Å². The highest BCUT2D eigenvalue weighted by molar-refractivity contribution is 9.09. The molecule has 0 unspecified atom stereocenters. The van der Waals surface area contributed by atoms with E-state index in [4.69, 9.17) is 16.3 Å². The Kier molecular flexibility index (Phi) is 5.85. The first kappa shape index (κ1) is 13.5. The number of ether oxygens (including phenoxy) is 1. The topological polar surface area (TPSA) is 26.3 Å². The molecule has 0 N–H and O–H groups in total. The van der Waals surface area contributed by atoms with Crippen molar-refractivity contribution < 1.29 is 9.53 Å². The second-order valence-corrected chi connectivity index (χ2v) is 4.62. The van der Waals surface area contributed by atoms with Crippen LogP contribution in [0.15, 0.2) is 18.2 Å². The quantitative estimate of drug-likeness (QED) is 0.449. The maximum absolute atomic E-state index is 11.8. The minimum Gasteiger partial charge on any atom is -0.497 e. The van der Waals surface area contributed by atoms with Crippen LogP contribution in [-0.4, -0.2) is 18.2 Å². The number of unbranched alkanes of at least 4 members (excludes halogenated alkanes) is 1. The van der Waals surface area contributed by atoms with E-state index in [0.29, 0.717) is 22.8 Å². The van der Waals surface area contributed by atoms with E-state index in [1.54, 1.807) is 25.3 Å². The zero-order valence-corrected chi connectivity index (χ0v) is 11.5. The number of carbonyl (C=O) groups is 1. The van der Waals surface area contributed by atoms with E-state index in [-0.39, 0.29) is 5.78 Å². The van der Waals surface area contributed by atoms with E-state index in [1.165, 1.54) is 0 Å². The lowest BCUT2D eigenvalue weighted by Gasteiger charge is -2.05. The highest BCUT2D eigenvalue weighted by atomic mass is 79.9. The van der Waals surface area contributed by atoms with Crippen LogP contribution in [0.5, 0.6) is 5.75 Å². The van der Waals surface area contributed by atoms with Gasteiger partial charge >= 0.3 is 0 Å². The number of ketones is 1. The van der Waals surface area contributed by atoms with E-state index in [1.807, 2.05) is 0 Å². The first-order valence-corrected chi connectivity index (χ1v) is 6.61. The second kappa shape index (κ2) is 6.92. The number of methoxy groups -OCH3 is 1. The Hall–Kier alpha value is -0.540. The van der Waals surface area contributed by atoms with E-state index in [2.05, 4.69) is 15.9 Å². The van der Waals surface area contributed by atoms with E-state index in [0.717, 1.165) is 18.2 Å². The van der Waals surface area contributed by atoms with Gasteiger partial charge in [0.15, 0.2) is 5.78 Å². The molecule has 0 fully saturated rings. The number of Topliss-reactive ketones (excluding diaryl/α,β-unsaturated/α-hetero) is 1. The molecule has 1 aromatic carbocycles. The van der Waals surface area contributed by atoms with Gasteiger partial charge in [-0.15, -0.1) is 0 Å². The highest BCUT2D eigenvalue weighted by Gasteiger charge is 2.10. The second-order valence-electron chi connectivity index (χ2n) is 3.42. The summed E-state index contributed by atoms with van der Waals surface area (Å²) in [6.45, 7) is 0. The molecule has 0 saturated heterocycles. The summed E-state index contributed by atoms with van der Waals surface area (Å²) in [5.41, 5.74) is 0.581. The van der Waals surface area contributed by atoms with Gasteiger partial charge in [0, 0.05) is 17.3 Å². The number of halogens is 2. The summed E-state index contributed by atoms with van der Waals surface area (Å²) >= 11 is 9.34. The molecule has 0 aliphatic rings. The van der Waals surface area contributed by atoms with Gasteiger partial charge in [-0.25, -0.2) is 0 Å². The zero-order chi connectivity index (χ0) is 12.0. The summed E-state index contributed by atoms with van der Waals surface area (Å²) in [4.78, 5) is 11.8. The Morgan fingerprint density at radius 2 is 2.19 bits per heavy atom. The van der Waals surface area contributed by atoms with Crippen LogP contribution in [0.3, 0.4) is 0 Å². The molecule has 0 saturated carbocycles. The maximum atomic E-state index is 11.8. The molecule has 0 amide bonds. The van der Waals surface area contributed by atoms with Gasteiger partial charge < -0.3 is 4.74 Å². The molecule has 0 aliphatic heterocycles. The fourth-order valence-electron chi connectivity index (χ4n) is 1.36. The van der Waals surface area contributed by atoms with Gasteiger partial charge in [-0.05, 0) is 31.0 Å². The molecule has 0 bridgehead atoms. The third-order valence-corrected chi connectivity index (χ3v) is 3.14. The van der Waals surface area contributed by atoms with Gasteiger partial charge in [-0.1, -0.05) is 27.5 Å². The van der Waals surface area contributed by atoms with Crippen molar-refractivity contribution in [2.45, 2.75) is 19.3 Å². The predicted octanol–water partition coefficient (Wildman–Crippen LogP) is 4.10. The Morgan fingerprint density at radius 3 is 2.75 bits per heavy atom. The van der Waals surface area contributed by atoms with Gasteiger partial charge in [0.2, 0.25) is 0 Å². The summed E-state index contributed by atoms with van der Waals surface area (Å²) in [6, 6.07) is 5.14. The summed E-state index contributed by atoms with van der Waals surface area (Å²) in [5.74, 6) is 0.760. The molecule has 0 atom stereocenters. The smallest absolute Gasteiger partial charge is 0.164 e. The zero-order valence-electron chi connectivity index (χ0n) is 9.13. The molecular formula is C12H14BrClO2. The average Bonchev–Trinajstić information content (AvgIpc) is 2.29. The molecule has 88 valence electrons. The fraction of sp³-hybridized carbons (Fsp3) is 0.417. The van der Waals surface area contributed by atoms with Crippen molar-refractivity contribution in [1.29, 1.82) is 0 Å². The molecule has 0 radical (unpaired) electrons. The molecule has 4 heteroatoms. The molecule has 0 aromatic heterocycles. The lowest BCUT2D eigenvalue weighted by atomic mass is 10.1. The van der Waals surface area contributed by atoms with Gasteiger partial charge in [-0.2, -0.15) is 0 Å². The molecule has 16 heavy (non-hydrogen) atoms. The lowest BCUT2D eigenvalue weighted by molar-refractivity contribution is 0.0980. The normalized spacial score (nSPS) is 10.2. The van der Waals surface area contributed by atoms with Crippen LogP contribution in [0.2, 0.25) is 5.02 Å². The lowest BCUT2D eigenvalue weighted by Crippen LogP contribution is -2.00. The third kappa shape index (κ3) is 3.80. The summed E-state index contributed by atoms with van der Waals surface area (Å²) in [7, 11) is 1.57. The van der Waals surface area contributed by atoms with Crippen LogP contribution in [-0.2, 0) is 0 Å². The third-order valence-electron chi connectivity index (χ3n) is 2.26. The fourth-order valence-corrected chi connectivity index (χ4v) is 2.04. The van der Waals surface area contributed by atoms with Crippen LogP contribution < -0.4 is 4.74 Å². The van der Waals surface area contributed by atoms with Gasteiger partial charge in [0.1, 0.15) is 5.75 Å². The summed E-state index contributed by atoms with van der Waals surface area (Å²) in [5, 5.41) is 1.39. The van der Waals surface area contributed by atoms with Crippen molar-refractivity contribution in [2.24, 2.45) is 0 Å². The van der Waals surface area contributed by atoms with E-state index >= 15 is 0 Å². The number of carbonyl (C=O) groups excluding carboxylic acids is 1. The Balaban J connectivity index is 2.68. The number of hydrogen-bond acceptors (Lipinski definition) is 2. The first-order valence-electron chi connectivity index (χ1n) is 5.11. The Labute approximate surface area is 109 Å². The summed E-state index contributed by atoms with van der Waals surface area (Å²) < 4.78 is 5.03. The summed E-state index contributed by atoms with van der Waals surface area (Å²) in [6.07, 6.45) is 2.42. The van der Waals surface area contributed by atoms with E-state index < -0.39 is 0 Å². The highest BCUT2D eigenvalue weighted by Crippen LogP contribution is 2.23. The standard InChI is InChI=1S/C12H14BrClO2/c1-16-9-5-6-10(11(14)8-9)12(15)4-2-3-7-13/h5-6,8H,2-4,7H2,1H3. The first-order chi connectivity index (χ1) is 7.69. The molecule has 2 nitrogen and oxygen atoms in total. The van der Waals surface area contributed by atoms with Crippen molar-refractivity contribution in [3.63, 3.8) is 0 Å². The van der Waals surface area contributed by atoms with Crippen LogP contribution in [0.1, 0.15) is 29.6 Å². The monoisotopic (exact) mass is 304 g/mol. The molecule has 0 aliphatic carbocycles. The van der Waals surface area contributed by atoms with Crippen LogP contribution in [0, 0.1) is 0 Å². The average molecular weight is 306 g/mol. The minimum absolute atomic E-state index is 0.0913. The van der Waals surface area contributed by atoms with Crippen molar-refractivity contribution in [2.75, 3.05) is 12.4 Å². The molecule has 1 rings (SSSR count). The molecule has 1 aromatic rings. The largest absolute Gasteiger partial charge is 0.497 e. The van der Waals surface area contributed by atoms with Gasteiger partial charge in [0.25, 0.3) is 0 Å². The molecule has 0 spiro atoms. The van der Waals surface area contributed by atoms with Crippen LogP contribution >= 0.6 is 27.5 Å². The van der Waals surface area contributed by atoms with Gasteiger partial charge in [-0.3, -0.25) is 4.79 Å². The Bertz CT molecular complexity index is 366. The number of hydrogen-bond donors (Lipinski definition) is 0. The Morgan fingerprint density at radius 1 is 1.44 bits per heavy atom. The minimum atomic E-state index is 0.0913. The van der Waals surface area contributed by atoms with E-state index in [9.17, 15) is 4.79 Å². The number of alkyl halides is 1. The molecular weight excluding hydrogens is 291 g/mol. The van der Waals surface area contributed by atoms with Crippen LogP contribution in [0.25, 0.3) is 0 Å². The molecule has 0 heterocycles. The number of benzene rings is 1. The van der Waals surface area contributed by atoms with Crippen molar-refractivity contribution >= 4 is 33.3 Å². The maximum Gasteiger partial charge on any atom is 0.164 e. The van der Waals surface area contributed by atoms with Crippen molar-refractivity contribution in [3.8, 4) is 5.75 Å². The SMILES string of the molecule is COc1ccc(C(=O)CCCCBr)c(Cl)c1. The van der Waals surface area contributed by atoms with Crippen LogP contribution in [0.4, 0.5) is 0 Å². The van der Waals surface area contributed by atoms with Crippen molar-refractivity contribution in [3.05, 3.63) is 28.8 Å². The van der Waals surface area contributed by atoms with Gasteiger partial charge in [0.05, 0.1) is 12.1 Å². The number of rotatable bonds is 6.